The Labute approximate surface area is 155 Å². The smallest absolute Gasteiger partial charge is 0.239 e. The molecule has 1 aromatic carbocycles. The van der Waals surface area contributed by atoms with Gasteiger partial charge in [0.2, 0.25) is 5.88 Å². The van der Waals surface area contributed by atoms with Crippen LogP contribution in [-0.2, 0) is 17.8 Å². The number of nitrogens with zero attached hydrogens (tertiary/aromatic N) is 4. The van der Waals surface area contributed by atoms with E-state index in [1.807, 2.05) is 19.3 Å². The molecule has 1 aliphatic heterocycles. The minimum Gasteiger partial charge on any atom is -0.469 e. The van der Waals surface area contributed by atoms with Crippen LogP contribution in [0.15, 0.2) is 36.5 Å². The Balaban J connectivity index is 1.85. The van der Waals surface area contributed by atoms with Crippen LogP contribution >= 0.6 is 0 Å². The van der Waals surface area contributed by atoms with Crippen LogP contribution in [0, 0.1) is 0 Å². The van der Waals surface area contributed by atoms with Crippen molar-refractivity contribution in [2.24, 2.45) is 0 Å². The Morgan fingerprint density at radius 3 is 2.77 bits per heavy atom. The maximum atomic E-state index is 6.17. The van der Waals surface area contributed by atoms with Gasteiger partial charge in [0.15, 0.2) is 5.82 Å². The minimum absolute atomic E-state index is 0.0705. The molecule has 0 saturated carbocycles. The van der Waals surface area contributed by atoms with Gasteiger partial charge in [0.25, 0.3) is 0 Å². The van der Waals surface area contributed by atoms with Crippen molar-refractivity contribution < 1.29 is 9.47 Å². The molecule has 26 heavy (non-hydrogen) atoms. The molecule has 3 rings (SSSR count). The van der Waals surface area contributed by atoms with Gasteiger partial charge in [0.05, 0.1) is 12.8 Å². The van der Waals surface area contributed by atoms with Gasteiger partial charge in [0.1, 0.15) is 11.8 Å². The molecule has 1 aromatic heterocycles. The summed E-state index contributed by atoms with van der Waals surface area (Å²) in [5.41, 5.74) is 2.15. The molecular weight excluding hydrogens is 328 g/mol. The van der Waals surface area contributed by atoms with Gasteiger partial charge in [-0.15, -0.1) is 0 Å². The first-order valence-electron chi connectivity index (χ1n) is 9.07. The molecule has 0 spiro atoms. The lowest BCUT2D eigenvalue weighted by atomic mass is 10.2. The van der Waals surface area contributed by atoms with E-state index < -0.39 is 0 Å². The van der Waals surface area contributed by atoms with Gasteiger partial charge in [0, 0.05) is 39.8 Å². The highest BCUT2D eigenvalue weighted by Crippen LogP contribution is 2.25. The third kappa shape index (κ3) is 4.51. The molecule has 6 heteroatoms. The van der Waals surface area contributed by atoms with E-state index in [9.17, 15) is 0 Å². The quantitative estimate of drug-likeness (QED) is 0.793. The molecular formula is C20H28N4O2. The third-order valence-corrected chi connectivity index (χ3v) is 4.65. The number of ether oxygens (including phenoxy) is 2. The second-order valence-corrected chi connectivity index (χ2v) is 7.04. The molecule has 0 amide bonds. The average Bonchev–Trinajstić information content (AvgIpc) is 2.79. The van der Waals surface area contributed by atoms with Crippen molar-refractivity contribution in [1.82, 2.24) is 14.9 Å². The van der Waals surface area contributed by atoms with E-state index in [-0.39, 0.29) is 6.10 Å². The SMILES string of the molecule is COC[C@H]1CN(Cc2ccccc2)Cc2ncc(N(C)C(C)C)nc2O1. The number of hydrogen-bond donors (Lipinski definition) is 0. The first-order chi connectivity index (χ1) is 12.6. The predicted molar refractivity (Wildman–Crippen MR) is 102 cm³/mol. The maximum Gasteiger partial charge on any atom is 0.239 e. The minimum atomic E-state index is -0.0705. The molecule has 0 bridgehead atoms. The Morgan fingerprint density at radius 2 is 2.08 bits per heavy atom. The predicted octanol–water partition coefficient (Wildman–Crippen LogP) is 2.73. The molecule has 0 unspecified atom stereocenters. The fraction of sp³-hybridized carbons (Fsp3) is 0.500. The number of fused-ring (bicyclic) bond motifs is 1. The van der Waals surface area contributed by atoms with Gasteiger partial charge in [-0.3, -0.25) is 9.88 Å². The molecule has 0 saturated heterocycles. The van der Waals surface area contributed by atoms with Gasteiger partial charge in [-0.25, -0.2) is 0 Å². The lowest BCUT2D eigenvalue weighted by Gasteiger charge is -2.23. The lowest BCUT2D eigenvalue weighted by Crippen LogP contribution is -2.35. The molecule has 2 aromatic rings. The Hall–Kier alpha value is -2.18. The van der Waals surface area contributed by atoms with Crippen molar-refractivity contribution in [3.8, 4) is 5.88 Å². The zero-order chi connectivity index (χ0) is 18.5. The molecule has 6 nitrogen and oxygen atoms in total. The second-order valence-electron chi connectivity index (χ2n) is 7.04. The number of methoxy groups -OCH3 is 1. The zero-order valence-electron chi connectivity index (χ0n) is 16.1. The van der Waals surface area contributed by atoms with E-state index >= 15 is 0 Å². The standard InChI is InChI=1S/C20H28N4O2/c1-15(2)23(3)19-10-21-18-13-24(11-16-8-6-5-7-9-16)12-17(14-25-4)26-20(18)22-19/h5-10,15,17H,11-14H2,1-4H3/t17-/m1/s1. The van der Waals surface area contributed by atoms with Crippen molar-refractivity contribution in [2.75, 3.05) is 32.2 Å². The highest BCUT2D eigenvalue weighted by Gasteiger charge is 2.26. The second kappa shape index (κ2) is 8.47. The number of hydrogen-bond acceptors (Lipinski definition) is 6. The monoisotopic (exact) mass is 356 g/mol. The van der Waals surface area contributed by atoms with Crippen molar-refractivity contribution in [1.29, 1.82) is 0 Å². The summed E-state index contributed by atoms with van der Waals surface area (Å²) < 4.78 is 11.5. The lowest BCUT2D eigenvalue weighted by molar-refractivity contribution is 0.0565. The van der Waals surface area contributed by atoms with Crippen LogP contribution in [0.1, 0.15) is 25.1 Å². The molecule has 0 aliphatic carbocycles. The van der Waals surface area contributed by atoms with Gasteiger partial charge >= 0.3 is 0 Å². The summed E-state index contributed by atoms with van der Waals surface area (Å²) in [6, 6.07) is 10.8. The average molecular weight is 356 g/mol. The van der Waals surface area contributed by atoms with Gasteiger partial charge in [-0.1, -0.05) is 30.3 Å². The van der Waals surface area contributed by atoms with Crippen LogP contribution in [0.5, 0.6) is 5.88 Å². The van der Waals surface area contributed by atoms with E-state index in [1.165, 1.54) is 5.56 Å². The van der Waals surface area contributed by atoms with Crippen LogP contribution in [0.3, 0.4) is 0 Å². The summed E-state index contributed by atoms with van der Waals surface area (Å²) in [6.45, 7) is 7.11. The van der Waals surface area contributed by atoms with Crippen molar-refractivity contribution >= 4 is 5.82 Å². The van der Waals surface area contributed by atoms with Crippen LogP contribution < -0.4 is 9.64 Å². The van der Waals surface area contributed by atoms with E-state index in [0.29, 0.717) is 25.1 Å². The fourth-order valence-electron chi connectivity index (χ4n) is 3.02. The molecule has 0 N–H and O–H groups in total. The van der Waals surface area contributed by atoms with Gasteiger partial charge in [-0.05, 0) is 19.4 Å². The van der Waals surface area contributed by atoms with Crippen LogP contribution in [-0.4, -0.2) is 54.3 Å². The summed E-state index contributed by atoms with van der Waals surface area (Å²) in [4.78, 5) is 13.8. The van der Waals surface area contributed by atoms with E-state index in [2.05, 4.69) is 52.9 Å². The summed E-state index contributed by atoms with van der Waals surface area (Å²) in [5, 5.41) is 0. The summed E-state index contributed by atoms with van der Waals surface area (Å²) in [7, 11) is 3.72. The molecule has 0 fully saturated rings. The number of anilines is 1. The molecule has 1 atom stereocenters. The highest BCUT2D eigenvalue weighted by molar-refractivity contribution is 5.40. The first kappa shape index (κ1) is 18.6. The van der Waals surface area contributed by atoms with E-state index in [0.717, 1.165) is 24.6 Å². The van der Waals surface area contributed by atoms with Crippen molar-refractivity contribution in [3.63, 3.8) is 0 Å². The normalized spacial score (nSPS) is 17.5. The number of aromatic nitrogens is 2. The van der Waals surface area contributed by atoms with E-state index in [1.54, 1.807) is 7.11 Å². The van der Waals surface area contributed by atoms with Crippen molar-refractivity contribution in [3.05, 3.63) is 47.8 Å². The Bertz CT molecular complexity index is 708. The summed E-state index contributed by atoms with van der Waals surface area (Å²) in [6.07, 6.45) is 1.76. The van der Waals surface area contributed by atoms with Crippen LogP contribution in [0.4, 0.5) is 5.82 Å². The Morgan fingerprint density at radius 1 is 1.31 bits per heavy atom. The largest absolute Gasteiger partial charge is 0.469 e. The Kier molecular flexibility index (Phi) is 6.06. The van der Waals surface area contributed by atoms with E-state index in [4.69, 9.17) is 14.5 Å². The third-order valence-electron chi connectivity index (χ3n) is 4.65. The maximum absolute atomic E-state index is 6.17. The van der Waals surface area contributed by atoms with Crippen LogP contribution in [0.25, 0.3) is 0 Å². The van der Waals surface area contributed by atoms with Crippen molar-refractivity contribution in [2.45, 2.75) is 39.1 Å². The molecule has 140 valence electrons. The molecule has 2 heterocycles. The summed E-state index contributed by atoms with van der Waals surface area (Å²) in [5.74, 6) is 1.44. The number of benzene rings is 1. The summed E-state index contributed by atoms with van der Waals surface area (Å²) >= 11 is 0. The zero-order valence-corrected chi connectivity index (χ0v) is 16.1. The molecule has 1 aliphatic rings. The van der Waals surface area contributed by atoms with Gasteiger partial charge < -0.3 is 14.4 Å². The fourth-order valence-corrected chi connectivity index (χ4v) is 3.02. The van der Waals surface area contributed by atoms with Crippen LogP contribution in [0.2, 0.25) is 0 Å². The van der Waals surface area contributed by atoms with Gasteiger partial charge in [-0.2, -0.15) is 4.98 Å². The highest BCUT2D eigenvalue weighted by atomic mass is 16.5. The molecule has 0 radical (unpaired) electrons. The first-order valence-corrected chi connectivity index (χ1v) is 9.07. The number of rotatable bonds is 6. The topological polar surface area (TPSA) is 50.7 Å².